The maximum atomic E-state index is 12.3. The van der Waals surface area contributed by atoms with Gasteiger partial charge in [0.1, 0.15) is 10.5 Å². The monoisotopic (exact) mass is 338 g/mol. The molecule has 1 aromatic rings. The summed E-state index contributed by atoms with van der Waals surface area (Å²) < 4.78 is 0. The molecule has 0 radical (unpaired) electrons. The summed E-state index contributed by atoms with van der Waals surface area (Å²) in [5.74, 6) is -0.583. The Balaban J connectivity index is 2.57. The van der Waals surface area contributed by atoms with Crippen molar-refractivity contribution in [3.8, 4) is 0 Å². The molecule has 1 aliphatic rings. The molecule has 1 aliphatic heterocycles. The molecule has 2 heterocycles. The van der Waals surface area contributed by atoms with Crippen molar-refractivity contribution in [3.63, 3.8) is 0 Å². The number of anilines is 1. The van der Waals surface area contributed by atoms with Crippen LogP contribution in [0.25, 0.3) is 0 Å². The van der Waals surface area contributed by atoms with E-state index in [0.29, 0.717) is 10.6 Å². The van der Waals surface area contributed by atoms with Gasteiger partial charge in [-0.2, -0.15) is 0 Å². The van der Waals surface area contributed by atoms with Gasteiger partial charge in [0.05, 0.1) is 16.0 Å². The third kappa shape index (κ3) is 3.43. The average Bonchev–Trinajstić information content (AvgIpc) is 2.63. The third-order valence-electron chi connectivity index (χ3n) is 4.13. The summed E-state index contributed by atoms with van der Waals surface area (Å²) in [7, 11) is 0. The predicted octanol–water partition coefficient (Wildman–Crippen LogP) is 1.96. The van der Waals surface area contributed by atoms with Gasteiger partial charge in [-0.25, -0.2) is 0 Å². The predicted molar refractivity (Wildman–Crippen MR) is 93.7 cm³/mol. The van der Waals surface area contributed by atoms with E-state index in [1.54, 1.807) is 0 Å². The number of quaternary nitrogens is 1. The molecule has 2 rings (SSSR count). The van der Waals surface area contributed by atoms with Crippen LogP contribution in [-0.4, -0.2) is 17.4 Å². The number of carbonyl (C=O) groups is 2. The summed E-state index contributed by atoms with van der Waals surface area (Å²) in [4.78, 5) is 25.5. The van der Waals surface area contributed by atoms with Crippen molar-refractivity contribution in [2.45, 2.75) is 66.0 Å². The Bertz CT molecular complexity index is 666. The van der Waals surface area contributed by atoms with Gasteiger partial charge in [0, 0.05) is 11.8 Å². The van der Waals surface area contributed by atoms with Crippen LogP contribution >= 0.6 is 11.3 Å². The highest BCUT2D eigenvalue weighted by atomic mass is 32.1. The van der Waals surface area contributed by atoms with Gasteiger partial charge in [0.2, 0.25) is 5.91 Å². The quantitative estimate of drug-likeness (QED) is 0.769. The fraction of sp³-hybridized carbons (Fsp3) is 0.647. The lowest BCUT2D eigenvalue weighted by Gasteiger charge is -2.38. The normalized spacial score (nSPS) is 19.1. The highest BCUT2D eigenvalue weighted by Crippen LogP contribution is 2.42. The molecule has 6 heteroatoms. The third-order valence-corrected chi connectivity index (χ3v) is 5.62. The lowest BCUT2D eigenvalue weighted by atomic mass is 9.81. The first-order valence-corrected chi connectivity index (χ1v) is 8.71. The minimum absolute atomic E-state index is 0.0208. The summed E-state index contributed by atoms with van der Waals surface area (Å²) in [6.45, 7) is 14.1. The Morgan fingerprint density at radius 3 is 2.26 bits per heavy atom. The highest BCUT2D eigenvalue weighted by Gasteiger charge is 2.45. The van der Waals surface area contributed by atoms with E-state index in [-0.39, 0.29) is 17.0 Å². The van der Waals surface area contributed by atoms with Crippen LogP contribution < -0.4 is 16.4 Å². The van der Waals surface area contributed by atoms with Gasteiger partial charge in [-0.3, -0.25) is 9.59 Å². The molecule has 5 nitrogen and oxygen atoms in total. The van der Waals surface area contributed by atoms with Crippen LogP contribution in [0.2, 0.25) is 0 Å². The van der Waals surface area contributed by atoms with Crippen LogP contribution in [-0.2, 0) is 16.8 Å². The molecule has 23 heavy (non-hydrogen) atoms. The second kappa shape index (κ2) is 5.31. The second-order valence-corrected chi connectivity index (χ2v) is 9.73. The molecule has 2 amide bonds. The van der Waals surface area contributed by atoms with Crippen molar-refractivity contribution in [1.29, 1.82) is 0 Å². The molecule has 0 saturated carbocycles. The van der Waals surface area contributed by atoms with Gasteiger partial charge < -0.3 is 16.4 Å². The van der Waals surface area contributed by atoms with Gasteiger partial charge in [-0.15, -0.1) is 11.3 Å². The Kier molecular flexibility index (Phi) is 4.14. The maximum absolute atomic E-state index is 12.3. The summed E-state index contributed by atoms with van der Waals surface area (Å²) in [6, 6.07) is 0. The highest BCUT2D eigenvalue weighted by molar-refractivity contribution is 7.17. The molecule has 0 aromatic carbocycles. The van der Waals surface area contributed by atoms with E-state index in [4.69, 9.17) is 5.73 Å². The Morgan fingerprint density at radius 1 is 1.22 bits per heavy atom. The molecule has 0 bridgehead atoms. The van der Waals surface area contributed by atoms with Crippen LogP contribution in [0, 0.1) is 5.41 Å². The first-order valence-electron chi connectivity index (χ1n) is 7.89. The van der Waals surface area contributed by atoms with Gasteiger partial charge in [-0.1, -0.05) is 20.8 Å². The van der Waals surface area contributed by atoms with E-state index in [1.165, 1.54) is 11.3 Å². The van der Waals surface area contributed by atoms with E-state index in [2.05, 4.69) is 38.3 Å². The zero-order chi connectivity index (χ0) is 17.8. The molecule has 0 atom stereocenters. The van der Waals surface area contributed by atoms with Crippen molar-refractivity contribution in [1.82, 2.24) is 0 Å². The first-order chi connectivity index (χ1) is 10.2. The van der Waals surface area contributed by atoms with Crippen LogP contribution in [0.5, 0.6) is 0 Å². The van der Waals surface area contributed by atoms with Gasteiger partial charge in [0.15, 0.2) is 0 Å². The largest absolute Gasteiger partial charge is 0.365 e. The Morgan fingerprint density at radius 2 is 1.78 bits per heavy atom. The lowest BCUT2D eigenvalue weighted by molar-refractivity contribution is -0.789. The average molecular weight is 338 g/mol. The maximum Gasteiger partial charge on any atom is 0.252 e. The summed E-state index contributed by atoms with van der Waals surface area (Å²) in [6.07, 6.45) is 0.756. The summed E-state index contributed by atoms with van der Waals surface area (Å²) in [5.41, 5.74) is 6.42. The SMILES string of the molecule is CC1(C)Cc2c(sc(NC(=O)C(C)(C)C)c2C(N)=O)C(C)(C)[NH2+]1. The molecule has 0 aliphatic carbocycles. The number of nitrogens with two attached hydrogens (primary N) is 2. The van der Waals surface area contributed by atoms with E-state index in [0.717, 1.165) is 16.9 Å². The Hall–Kier alpha value is -1.40. The molecule has 0 fully saturated rings. The van der Waals surface area contributed by atoms with E-state index in [9.17, 15) is 9.59 Å². The van der Waals surface area contributed by atoms with Crippen molar-refractivity contribution >= 4 is 28.2 Å². The van der Waals surface area contributed by atoms with Gasteiger partial charge in [-0.05, 0) is 33.3 Å². The zero-order valence-electron chi connectivity index (χ0n) is 15.1. The van der Waals surface area contributed by atoms with Crippen LogP contribution in [0.3, 0.4) is 0 Å². The molecule has 0 unspecified atom stereocenters. The number of primary amides is 1. The molecule has 0 saturated heterocycles. The number of carbonyl (C=O) groups excluding carboxylic acids is 2. The van der Waals surface area contributed by atoms with Crippen molar-refractivity contribution < 1.29 is 14.9 Å². The molecular weight excluding hydrogens is 310 g/mol. The van der Waals surface area contributed by atoms with E-state index in [1.807, 2.05) is 20.8 Å². The number of hydrogen-bond donors (Lipinski definition) is 3. The summed E-state index contributed by atoms with van der Waals surface area (Å²) in [5, 5.41) is 5.82. The molecule has 5 N–H and O–H groups in total. The number of hydrogen-bond acceptors (Lipinski definition) is 3. The number of amides is 2. The fourth-order valence-corrected chi connectivity index (χ4v) is 4.64. The number of thiophene rings is 1. The first kappa shape index (κ1) is 17.9. The van der Waals surface area contributed by atoms with Crippen molar-refractivity contribution in [3.05, 3.63) is 16.0 Å². The number of fused-ring (bicyclic) bond motifs is 1. The van der Waals surface area contributed by atoms with Crippen molar-refractivity contribution in [2.75, 3.05) is 5.32 Å². The van der Waals surface area contributed by atoms with E-state index >= 15 is 0 Å². The topological polar surface area (TPSA) is 88.8 Å². The zero-order valence-corrected chi connectivity index (χ0v) is 15.9. The Labute approximate surface area is 142 Å². The van der Waals surface area contributed by atoms with Crippen molar-refractivity contribution in [2.24, 2.45) is 11.1 Å². The second-order valence-electron chi connectivity index (χ2n) is 8.71. The molecule has 128 valence electrons. The molecule has 0 spiro atoms. The minimum atomic E-state index is -0.527. The van der Waals surface area contributed by atoms with Gasteiger partial charge >= 0.3 is 0 Å². The smallest absolute Gasteiger partial charge is 0.252 e. The lowest BCUT2D eigenvalue weighted by Crippen LogP contribution is -3.03. The van der Waals surface area contributed by atoms with E-state index < -0.39 is 11.3 Å². The van der Waals surface area contributed by atoms with Gasteiger partial charge in [0.25, 0.3) is 5.91 Å². The summed E-state index contributed by atoms with van der Waals surface area (Å²) >= 11 is 1.48. The molecular formula is C17H28N3O2S+. The number of rotatable bonds is 2. The standard InChI is InChI=1S/C17H27N3O2S/c1-15(2,3)14(22)19-13-10(12(18)21)9-8-16(4,5)20-17(6,7)11(9)23-13/h20H,8H2,1-7H3,(H2,18,21)(H,19,22)/p+1. The minimum Gasteiger partial charge on any atom is -0.365 e. The fourth-order valence-electron chi connectivity index (χ4n) is 3.34. The van der Waals surface area contributed by atoms with Crippen LogP contribution in [0.15, 0.2) is 0 Å². The van der Waals surface area contributed by atoms with Crippen LogP contribution in [0.1, 0.15) is 69.3 Å². The molecule has 1 aromatic heterocycles. The van der Waals surface area contributed by atoms with Crippen LogP contribution in [0.4, 0.5) is 5.00 Å². The number of nitrogens with one attached hydrogen (secondary N) is 1.